The predicted molar refractivity (Wildman–Crippen MR) is 245 cm³/mol. The molecule has 0 aliphatic heterocycles. The second-order valence-corrected chi connectivity index (χ2v) is 17.1. The van der Waals surface area contributed by atoms with Crippen molar-refractivity contribution in [1.29, 1.82) is 0 Å². The average Bonchev–Trinajstić information content (AvgIpc) is 3.19. The molecule has 0 bridgehead atoms. The molecule has 0 rings (SSSR count). The van der Waals surface area contributed by atoms with E-state index in [2.05, 4.69) is 43.5 Å². The lowest BCUT2D eigenvalue weighted by Gasteiger charge is -2.21. The molecule has 56 heavy (non-hydrogen) atoms. The molecule has 0 aliphatic carbocycles. The maximum atomic E-state index is 12.5. The summed E-state index contributed by atoms with van der Waals surface area (Å²) in [6, 6.07) is -0.762. The van der Waals surface area contributed by atoms with E-state index in [4.69, 9.17) is 0 Å². The highest BCUT2D eigenvalue weighted by atomic mass is 16.3. The quantitative estimate of drug-likeness (QED) is 0.0365. The number of unbranched alkanes of at least 4 members (excludes halogenated alkanes) is 32. The molecule has 0 spiro atoms. The van der Waals surface area contributed by atoms with Crippen molar-refractivity contribution in [3.8, 4) is 0 Å². The minimum Gasteiger partial charge on any atom is -0.394 e. The zero-order valence-corrected chi connectivity index (χ0v) is 37.5. The molecule has 5 heteroatoms. The molecule has 5 nitrogen and oxygen atoms in total. The minimum absolute atomic E-state index is 0.00372. The number of nitrogens with one attached hydrogen (secondary N) is 1. The van der Waals surface area contributed by atoms with Gasteiger partial charge < -0.3 is 20.6 Å². The number of aliphatic hydroxyl groups is 3. The van der Waals surface area contributed by atoms with Gasteiger partial charge in [-0.3, -0.25) is 4.79 Å². The normalized spacial score (nSPS) is 13.7. The van der Waals surface area contributed by atoms with Crippen molar-refractivity contribution in [3.63, 3.8) is 0 Å². The van der Waals surface area contributed by atoms with Crippen LogP contribution in [-0.2, 0) is 4.79 Å². The number of aliphatic hydroxyl groups excluding tert-OH is 3. The third-order valence-corrected chi connectivity index (χ3v) is 11.4. The number of amides is 1. The molecule has 0 saturated heterocycles. The first-order valence-electron chi connectivity index (χ1n) is 24.8. The smallest absolute Gasteiger partial charge is 0.222 e. The second kappa shape index (κ2) is 46.3. The Morgan fingerprint density at radius 2 is 0.768 bits per heavy atom. The predicted octanol–water partition coefficient (Wildman–Crippen LogP) is 14.7. The van der Waals surface area contributed by atoms with Gasteiger partial charge in [0.1, 0.15) is 0 Å². The molecule has 0 radical (unpaired) electrons. The average molecular weight is 788 g/mol. The summed E-state index contributed by atoms with van der Waals surface area (Å²) in [6.07, 6.45) is 58.8. The number of carbonyl (C=O) groups excluding carboxylic acids is 1. The summed E-state index contributed by atoms with van der Waals surface area (Å²) in [5.41, 5.74) is 0. The minimum atomic E-state index is -0.953. The Morgan fingerprint density at radius 3 is 1.14 bits per heavy atom. The van der Waals surface area contributed by atoms with Crippen molar-refractivity contribution in [2.24, 2.45) is 0 Å². The van der Waals surface area contributed by atoms with Gasteiger partial charge in [-0.2, -0.15) is 0 Å². The molecule has 3 unspecified atom stereocenters. The molecule has 0 heterocycles. The first-order chi connectivity index (χ1) is 27.5. The lowest BCUT2D eigenvalue weighted by molar-refractivity contribution is -0.124. The van der Waals surface area contributed by atoms with E-state index in [0.29, 0.717) is 6.42 Å². The van der Waals surface area contributed by atoms with Crippen molar-refractivity contribution in [2.45, 2.75) is 276 Å². The van der Waals surface area contributed by atoms with E-state index in [9.17, 15) is 20.1 Å². The van der Waals surface area contributed by atoms with Crippen LogP contribution in [0.4, 0.5) is 0 Å². The number of hydrogen-bond donors (Lipinski definition) is 4. The molecule has 3 atom stereocenters. The summed E-state index contributed by atoms with van der Waals surface area (Å²) in [7, 11) is 0. The topological polar surface area (TPSA) is 89.8 Å². The van der Waals surface area contributed by atoms with Gasteiger partial charge >= 0.3 is 0 Å². The number of rotatable bonds is 45. The fourth-order valence-corrected chi connectivity index (χ4v) is 7.59. The van der Waals surface area contributed by atoms with Crippen LogP contribution in [0.5, 0.6) is 0 Å². The summed E-state index contributed by atoms with van der Waals surface area (Å²) in [6.45, 7) is 4.22. The van der Waals surface area contributed by atoms with E-state index >= 15 is 0 Å². The van der Waals surface area contributed by atoms with Crippen molar-refractivity contribution in [3.05, 3.63) is 36.5 Å². The van der Waals surface area contributed by atoms with Gasteiger partial charge in [-0.25, -0.2) is 0 Å². The summed E-state index contributed by atoms with van der Waals surface area (Å²) < 4.78 is 0. The summed E-state index contributed by atoms with van der Waals surface area (Å²) >= 11 is 0. The molecule has 0 aromatic carbocycles. The largest absolute Gasteiger partial charge is 0.394 e. The molecule has 1 amide bonds. The summed E-state index contributed by atoms with van der Waals surface area (Å²) in [5.74, 6) is -0.326. The zero-order chi connectivity index (χ0) is 40.8. The maximum absolute atomic E-state index is 12.5. The van der Waals surface area contributed by atoms with E-state index in [-0.39, 0.29) is 18.9 Å². The van der Waals surface area contributed by atoms with Gasteiger partial charge in [-0.15, -0.1) is 0 Å². The second-order valence-electron chi connectivity index (χ2n) is 17.1. The van der Waals surface area contributed by atoms with Crippen LogP contribution in [0.2, 0.25) is 0 Å². The van der Waals surface area contributed by atoms with Crippen LogP contribution in [0.25, 0.3) is 0 Å². The summed E-state index contributed by atoms with van der Waals surface area (Å²) in [4.78, 5) is 12.5. The van der Waals surface area contributed by atoms with Crippen molar-refractivity contribution >= 4 is 5.91 Å². The third-order valence-electron chi connectivity index (χ3n) is 11.4. The molecule has 0 aliphatic rings. The van der Waals surface area contributed by atoms with Crippen LogP contribution < -0.4 is 5.32 Å². The summed E-state index contributed by atoms with van der Waals surface area (Å²) in [5, 5.41) is 33.3. The van der Waals surface area contributed by atoms with Crippen LogP contribution in [0.1, 0.15) is 258 Å². The highest BCUT2D eigenvalue weighted by Crippen LogP contribution is 2.16. The van der Waals surface area contributed by atoms with Gasteiger partial charge in [0.05, 0.1) is 31.3 Å². The van der Waals surface area contributed by atoms with Crippen LogP contribution in [0.15, 0.2) is 36.5 Å². The first-order valence-corrected chi connectivity index (χ1v) is 24.8. The monoisotopic (exact) mass is 788 g/mol. The van der Waals surface area contributed by atoms with Crippen LogP contribution in [0, 0.1) is 0 Å². The highest BCUT2D eigenvalue weighted by molar-refractivity contribution is 5.76. The first kappa shape index (κ1) is 54.6. The van der Waals surface area contributed by atoms with E-state index in [0.717, 1.165) is 32.1 Å². The lowest BCUT2D eigenvalue weighted by Crippen LogP contribution is -2.45. The van der Waals surface area contributed by atoms with Gasteiger partial charge in [-0.05, 0) is 57.8 Å². The van der Waals surface area contributed by atoms with Crippen LogP contribution >= 0.6 is 0 Å². The number of carbonyl (C=O) groups is 1. The Balaban J connectivity index is 3.65. The Morgan fingerprint density at radius 1 is 0.446 bits per heavy atom. The lowest BCUT2D eigenvalue weighted by atomic mass is 10.0. The Hall–Kier alpha value is -1.43. The van der Waals surface area contributed by atoms with Crippen molar-refractivity contribution in [1.82, 2.24) is 5.32 Å². The highest BCUT2D eigenvalue weighted by Gasteiger charge is 2.20. The molecule has 0 fully saturated rings. The fourth-order valence-electron chi connectivity index (χ4n) is 7.59. The van der Waals surface area contributed by atoms with Crippen LogP contribution in [-0.4, -0.2) is 46.1 Å². The standard InChI is InChI=1S/C51H97NO4/c1-3-5-7-9-11-13-15-17-19-21-23-24-25-26-27-28-30-32-34-36-38-40-42-44-48(54)46-51(56)52-49(47-53)50(55)45-43-41-39-37-35-33-31-29-22-20-18-16-14-12-10-8-6-4-2/h26-27,35,37,43,45,48-50,53-55H,3-25,28-34,36,38-42,44,46-47H2,1-2H3,(H,52,56)/b27-26-,37-35+,45-43+. The van der Waals surface area contributed by atoms with E-state index < -0.39 is 18.2 Å². The van der Waals surface area contributed by atoms with Gasteiger partial charge in [0.15, 0.2) is 0 Å². The number of allylic oxidation sites excluding steroid dienone is 5. The van der Waals surface area contributed by atoms with E-state index in [1.165, 1.54) is 199 Å². The third kappa shape index (κ3) is 42.2. The maximum Gasteiger partial charge on any atom is 0.222 e. The Kier molecular flexibility index (Phi) is 45.1. The van der Waals surface area contributed by atoms with Crippen LogP contribution in [0.3, 0.4) is 0 Å². The Labute approximate surface area is 349 Å². The number of hydrogen-bond acceptors (Lipinski definition) is 4. The molecular weight excluding hydrogens is 691 g/mol. The molecule has 0 aromatic rings. The van der Waals surface area contributed by atoms with Gasteiger partial charge in [0.25, 0.3) is 0 Å². The van der Waals surface area contributed by atoms with E-state index in [1.807, 2.05) is 6.08 Å². The van der Waals surface area contributed by atoms with Crippen molar-refractivity contribution in [2.75, 3.05) is 6.61 Å². The fraction of sp³-hybridized carbons (Fsp3) is 0.863. The van der Waals surface area contributed by atoms with Crippen molar-refractivity contribution < 1.29 is 20.1 Å². The molecule has 4 N–H and O–H groups in total. The molecule has 330 valence electrons. The SMILES string of the molecule is CCCCCCCCCCCCCC/C=C\CCCCCCCCCC(O)CC(=O)NC(CO)C(O)/C=C/CC/C=C/CCCCCCCCCCCCCC. The molecule has 0 aromatic heterocycles. The van der Waals surface area contributed by atoms with E-state index in [1.54, 1.807) is 6.08 Å². The van der Waals surface area contributed by atoms with Gasteiger partial charge in [0, 0.05) is 0 Å². The zero-order valence-electron chi connectivity index (χ0n) is 37.5. The Bertz CT molecular complexity index is 870. The van der Waals surface area contributed by atoms with Gasteiger partial charge in [-0.1, -0.05) is 230 Å². The van der Waals surface area contributed by atoms with Gasteiger partial charge in [0.2, 0.25) is 5.91 Å². The molecular formula is C51H97NO4. The molecule has 0 saturated carbocycles.